The lowest BCUT2D eigenvalue weighted by atomic mass is 10.00. The molecule has 47 heavy (non-hydrogen) atoms. The maximum absolute atomic E-state index is 13.9. The minimum atomic E-state index is -1.61. The number of rotatable bonds is 13. The van der Waals surface area contributed by atoms with E-state index in [2.05, 4.69) is 30.8 Å². The maximum Gasteiger partial charge on any atom is 0.352 e. The highest BCUT2D eigenvalue weighted by molar-refractivity contribution is 8.01. The lowest BCUT2D eigenvalue weighted by Gasteiger charge is -2.49. The van der Waals surface area contributed by atoms with Gasteiger partial charge in [-0.3, -0.25) is 29.2 Å². The number of aromatic hydroxyl groups is 1. The van der Waals surface area contributed by atoms with E-state index >= 15 is 0 Å². The quantitative estimate of drug-likeness (QED) is 0.0714. The van der Waals surface area contributed by atoms with Gasteiger partial charge in [0.1, 0.15) is 34.6 Å². The van der Waals surface area contributed by atoms with Crippen LogP contribution in [0.3, 0.4) is 0 Å². The number of nitrogens with zero attached hydrogens (tertiary/aromatic N) is 5. The molecular formula is C27H29N9O9S2. The van der Waals surface area contributed by atoms with E-state index in [-0.39, 0.29) is 52.0 Å². The fourth-order valence-corrected chi connectivity index (χ4v) is 7.20. The number of phenolic OH excluding ortho intramolecular Hbond substituents is 1. The molecule has 1 aromatic carbocycles. The number of anilines is 2. The second-order valence-corrected chi connectivity index (χ2v) is 12.2. The van der Waals surface area contributed by atoms with Gasteiger partial charge < -0.3 is 36.1 Å². The van der Waals surface area contributed by atoms with Crippen LogP contribution >= 0.6 is 23.5 Å². The number of aliphatic carboxylic acids is 1. The molecule has 18 nitrogen and oxygen atoms in total. The predicted octanol–water partition coefficient (Wildman–Crippen LogP) is 0.119. The molecule has 2 aliphatic rings. The standard InChI is InChI=1S/C27H29N9O9S2/c1-12-33-34-27(45-12)47-11-14-10-46-23-17(22(41)36(23)19(14)24(42)43)31-21(40)18(13-3-5-15(38)6-4-13)35(25(28)44)16-9-30-26(32-20(16)39)29-7-2-8-37/h3-6,9,17-18,23,37-38H,2,7-8,10-11H2,1H3,(H2,28,44)(H,31,40)(H,42,43)(H2,29,30,32,39)/t17?,18?,23-/m0/s1. The van der Waals surface area contributed by atoms with Gasteiger partial charge in [-0.05, 0) is 29.7 Å². The molecule has 0 aliphatic carbocycles. The lowest BCUT2D eigenvalue weighted by molar-refractivity contribution is -0.150. The summed E-state index contributed by atoms with van der Waals surface area (Å²) in [4.78, 5) is 73.8. The molecule has 1 saturated heterocycles. The summed E-state index contributed by atoms with van der Waals surface area (Å²) in [5, 5.41) is 41.3. The van der Waals surface area contributed by atoms with Crippen molar-refractivity contribution < 1.29 is 38.9 Å². The smallest absolute Gasteiger partial charge is 0.352 e. The molecular weight excluding hydrogens is 658 g/mol. The summed E-state index contributed by atoms with van der Waals surface area (Å²) in [6, 6.07) is 1.21. The number of hydrogen-bond donors (Lipinski definition) is 7. The molecule has 5 rings (SSSR count). The number of β-lactam (4-membered cyclic amide) rings is 1. The van der Waals surface area contributed by atoms with Gasteiger partial charge >= 0.3 is 12.0 Å². The molecule has 3 aromatic rings. The number of carbonyl (C=O) groups is 4. The minimum Gasteiger partial charge on any atom is -0.508 e. The van der Waals surface area contributed by atoms with E-state index in [0.29, 0.717) is 29.3 Å². The molecule has 2 aliphatic heterocycles. The number of aromatic nitrogens is 4. The molecule has 2 aromatic heterocycles. The van der Waals surface area contributed by atoms with Gasteiger partial charge in [0.05, 0.1) is 6.20 Å². The second kappa shape index (κ2) is 14.1. The van der Waals surface area contributed by atoms with Crippen LogP contribution < -0.4 is 26.8 Å². The van der Waals surface area contributed by atoms with Crippen LogP contribution in [0.1, 0.15) is 23.9 Å². The highest BCUT2D eigenvalue weighted by Gasteiger charge is 2.55. The normalized spacial score (nSPS) is 17.8. The highest BCUT2D eigenvalue weighted by Crippen LogP contribution is 2.42. The molecule has 0 spiro atoms. The molecule has 3 atom stereocenters. The fourth-order valence-electron chi connectivity index (χ4n) is 4.91. The summed E-state index contributed by atoms with van der Waals surface area (Å²) in [5.41, 5.74) is 4.84. The van der Waals surface area contributed by atoms with Gasteiger partial charge in [0, 0.05) is 31.6 Å². The summed E-state index contributed by atoms with van der Waals surface area (Å²) in [6.07, 6.45) is 1.42. The minimum absolute atomic E-state index is 0.0454. The number of primary amides is 1. The molecule has 4 heterocycles. The molecule has 8 N–H and O–H groups in total. The van der Waals surface area contributed by atoms with Crippen molar-refractivity contribution in [3.8, 4) is 5.75 Å². The number of aliphatic hydroxyl groups excluding tert-OH is 1. The highest BCUT2D eigenvalue weighted by atomic mass is 32.2. The third-order valence-corrected chi connectivity index (χ3v) is 9.29. The number of benzene rings is 1. The number of carboxylic acids is 1. The summed E-state index contributed by atoms with van der Waals surface area (Å²) < 4.78 is 5.33. The Labute approximate surface area is 273 Å². The molecule has 248 valence electrons. The van der Waals surface area contributed by atoms with Gasteiger partial charge in [0.15, 0.2) is 0 Å². The number of hydrogen-bond acceptors (Lipinski definition) is 14. The number of aromatic amines is 1. The van der Waals surface area contributed by atoms with Crippen LogP contribution in [0, 0.1) is 6.92 Å². The molecule has 0 radical (unpaired) electrons. The fraction of sp³-hybridized carbons (Fsp3) is 0.333. The Hall–Kier alpha value is -5.08. The van der Waals surface area contributed by atoms with E-state index in [0.717, 1.165) is 22.9 Å². The van der Waals surface area contributed by atoms with Gasteiger partial charge in [-0.2, -0.15) is 0 Å². The number of urea groups is 1. The first-order valence-electron chi connectivity index (χ1n) is 13.9. The first kappa shape index (κ1) is 33.3. The number of nitrogens with two attached hydrogens (primary N) is 1. The molecule has 0 saturated carbocycles. The first-order valence-corrected chi connectivity index (χ1v) is 16.0. The van der Waals surface area contributed by atoms with Gasteiger partial charge in [-0.1, -0.05) is 23.9 Å². The van der Waals surface area contributed by atoms with Crippen LogP contribution in [0.4, 0.5) is 16.4 Å². The molecule has 2 unspecified atom stereocenters. The molecule has 0 bridgehead atoms. The number of nitrogens with one attached hydrogen (secondary N) is 3. The number of phenols is 1. The van der Waals surface area contributed by atoms with Crippen molar-refractivity contribution in [3.63, 3.8) is 0 Å². The Morgan fingerprint density at radius 3 is 2.62 bits per heavy atom. The Kier molecular flexibility index (Phi) is 10.0. The Bertz CT molecular complexity index is 1780. The van der Waals surface area contributed by atoms with Crippen molar-refractivity contribution in [3.05, 3.63) is 63.5 Å². The zero-order chi connectivity index (χ0) is 33.8. The van der Waals surface area contributed by atoms with E-state index in [1.807, 2.05) is 0 Å². The Balaban J connectivity index is 1.40. The van der Waals surface area contributed by atoms with Crippen molar-refractivity contribution >= 4 is 59.0 Å². The van der Waals surface area contributed by atoms with E-state index in [1.54, 1.807) is 6.92 Å². The number of fused-ring (bicyclic) bond motifs is 1. The lowest BCUT2D eigenvalue weighted by Crippen LogP contribution is -2.71. The van der Waals surface area contributed by atoms with Crippen LogP contribution in [0.2, 0.25) is 0 Å². The zero-order valence-electron chi connectivity index (χ0n) is 24.6. The predicted molar refractivity (Wildman–Crippen MR) is 167 cm³/mol. The van der Waals surface area contributed by atoms with E-state index in [9.17, 15) is 34.2 Å². The Morgan fingerprint density at radius 1 is 1.26 bits per heavy atom. The monoisotopic (exact) mass is 687 g/mol. The Morgan fingerprint density at radius 2 is 2.00 bits per heavy atom. The van der Waals surface area contributed by atoms with Crippen LogP contribution in [-0.2, 0) is 14.4 Å². The second-order valence-electron chi connectivity index (χ2n) is 10.2. The van der Waals surface area contributed by atoms with Gasteiger partial charge in [0.2, 0.25) is 17.7 Å². The van der Waals surface area contributed by atoms with Crippen LogP contribution in [0.15, 0.2) is 56.2 Å². The number of aliphatic hydroxyl groups is 1. The van der Waals surface area contributed by atoms with Crippen molar-refractivity contribution in [2.45, 2.75) is 36.0 Å². The average molecular weight is 688 g/mol. The number of aryl methyl sites for hydroxylation is 1. The van der Waals surface area contributed by atoms with Crippen LogP contribution in [-0.4, -0.2) is 100 Å². The first-order chi connectivity index (χ1) is 22.5. The topological polar surface area (TPSA) is 270 Å². The zero-order valence-corrected chi connectivity index (χ0v) is 26.2. The van der Waals surface area contributed by atoms with Crippen molar-refractivity contribution in [2.75, 3.05) is 34.9 Å². The van der Waals surface area contributed by atoms with E-state index < -0.39 is 46.8 Å². The van der Waals surface area contributed by atoms with Gasteiger partial charge in [-0.15, -0.1) is 22.0 Å². The number of H-pyrrole nitrogens is 1. The van der Waals surface area contributed by atoms with Crippen LogP contribution in [0.25, 0.3) is 0 Å². The third kappa shape index (κ3) is 7.03. The average Bonchev–Trinajstić information content (AvgIpc) is 3.46. The number of thioether (sulfide) groups is 2. The van der Waals surface area contributed by atoms with Crippen molar-refractivity contribution in [2.24, 2.45) is 5.73 Å². The molecule has 4 amide bonds. The van der Waals surface area contributed by atoms with Crippen molar-refractivity contribution in [1.82, 2.24) is 30.4 Å². The van der Waals surface area contributed by atoms with E-state index in [1.165, 1.54) is 36.0 Å². The van der Waals surface area contributed by atoms with E-state index in [4.69, 9.17) is 15.3 Å². The summed E-state index contributed by atoms with van der Waals surface area (Å²) in [5.74, 6) is -2.30. The number of carbonyl (C=O) groups excluding carboxylic acids is 3. The number of carboxylic acid groups (broad SMARTS) is 1. The maximum atomic E-state index is 13.9. The summed E-state index contributed by atoms with van der Waals surface area (Å²) in [6.45, 7) is 1.82. The number of amides is 4. The van der Waals surface area contributed by atoms with Gasteiger partial charge in [0.25, 0.3) is 16.7 Å². The summed E-state index contributed by atoms with van der Waals surface area (Å²) in [7, 11) is 0. The van der Waals surface area contributed by atoms with Gasteiger partial charge in [-0.25, -0.2) is 14.6 Å². The summed E-state index contributed by atoms with van der Waals surface area (Å²) >= 11 is 2.36. The molecule has 1 fully saturated rings. The van der Waals surface area contributed by atoms with Crippen LogP contribution in [0.5, 0.6) is 5.75 Å². The largest absolute Gasteiger partial charge is 0.508 e. The molecule has 20 heteroatoms. The van der Waals surface area contributed by atoms with Crippen molar-refractivity contribution in [1.29, 1.82) is 0 Å². The third-order valence-electron chi connectivity index (χ3n) is 7.05. The SMILES string of the molecule is Cc1nnc(SCC2=C(C(=O)O)N3C(=O)C(NC(=O)C(c4ccc(O)cc4)N(C(N)=O)c4cnc(NCCCO)[nH]c4=O)[C@@H]3SC2)o1.